The van der Waals surface area contributed by atoms with Gasteiger partial charge in [0.05, 0.1) is 19.8 Å². The van der Waals surface area contributed by atoms with E-state index < -0.39 is 0 Å². The maximum Gasteiger partial charge on any atom is 0.0713 e. The maximum absolute atomic E-state index is 5.32. The summed E-state index contributed by atoms with van der Waals surface area (Å²) in [6.07, 6.45) is 2.26. The van der Waals surface area contributed by atoms with Gasteiger partial charge in [0.15, 0.2) is 0 Å². The minimum atomic E-state index is 0.589. The molecule has 212 valence electrons. The molecule has 0 aliphatic heterocycles. The number of ether oxygens (including phenoxy) is 3. The van der Waals surface area contributed by atoms with E-state index in [1.165, 1.54) is 16.7 Å². The molecule has 0 atom stereocenters. The number of nitrogens with zero attached hydrogens (tertiary/aromatic N) is 1. The second-order valence-electron chi connectivity index (χ2n) is 10.2. The average molecular weight is 556 g/mol. The van der Waals surface area contributed by atoms with Gasteiger partial charge in [0.2, 0.25) is 0 Å². The molecule has 4 heteroatoms. The van der Waals surface area contributed by atoms with Crippen LogP contribution >= 0.6 is 0 Å². The molecular weight excluding hydrogens is 518 g/mol. The monoisotopic (exact) mass is 555 g/mol. The van der Waals surface area contributed by atoms with E-state index in [-0.39, 0.29) is 0 Å². The zero-order chi connectivity index (χ0) is 29.1. The van der Waals surface area contributed by atoms with Gasteiger partial charge in [-0.3, -0.25) is 0 Å². The van der Waals surface area contributed by atoms with Gasteiger partial charge in [-0.1, -0.05) is 91.0 Å². The predicted molar refractivity (Wildman–Crippen MR) is 173 cm³/mol. The van der Waals surface area contributed by atoms with Crippen molar-refractivity contribution in [2.45, 2.75) is 19.8 Å². The Hall–Kier alpha value is -4.48. The average Bonchev–Trinajstić information content (AvgIpc) is 3.04. The molecule has 0 aliphatic rings. The standard InChI is InChI=1S/C38H37NO3/c1-40-26-30-9-17-34(18-10-30)38(33-7-5-4-6-8-33)25-29-11-19-35(20-12-29)39(36-21-13-31(14-22-36)27-41-2)37-23-15-32(16-24-37)28-42-3/h4-25H,26-28H2,1-3H3/b38-25+. The van der Waals surface area contributed by atoms with Crippen molar-refractivity contribution >= 4 is 28.7 Å². The van der Waals surface area contributed by atoms with E-state index >= 15 is 0 Å². The van der Waals surface area contributed by atoms with Crippen LogP contribution in [0.1, 0.15) is 33.4 Å². The Morgan fingerprint density at radius 1 is 0.476 bits per heavy atom. The van der Waals surface area contributed by atoms with E-state index in [9.17, 15) is 0 Å². The second-order valence-corrected chi connectivity index (χ2v) is 10.2. The molecule has 42 heavy (non-hydrogen) atoms. The first-order valence-corrected chi connectivity index (χ1v) is 14.1. The normalized spacial score (nSPS) is 11.5. The van der Waals surface area contributed by atoms with Crippen LogP contribution in [0.3, 0.4) is 0 Å². The van der Waals surface area contributed by atoms with Gasteiger partial charge in [0.25, 0.3) is 0 Å². The molecule has 0 amide bonds. The summed E-state index contributed by atoms with van der Waals surface area (Å²) in [5, 5.41) is 0. The van der Waals surface area contributed by atoms with Crippen LogP contribution in [0.15, 0.2) is 127 Å². The van der Waals surface area contributed by atoms with Crippen molar-refractivity contribution in [1.82, 2.24) is 0 Å². The van der Waals surface area contributed by atoms with E-state index in [0.29, 0.717) is 19.8 Å². The van der Waals surface area contributed by atoms with Crippen LogP contribution in [0.25, 0.3) is 11.6 Å². The minimum absolute atomic E-state index is 0.589. The van der Waals surface area contributed by atoms with Crippen molar-refractivity contribution in [3.8, 4) is 0 Å². The van der Waals surface area contributed by atoms with E-state index in [4.69, 9.17) is 14.2 Å². The van der Waals surface area contributed by atoms with Gasteiger partial charge < -0.3 is 19.1 Å². The van der Waals surface area contributed by atoms with Gasteiger partial charge in [0.1, 0.15) is 0 Å². The summed E-state index contributed by atoms with van der Waals surface area (Å²) in [5.74, 6) is 0. The van der Waals surface area contributed by atoms with Crippen molar-refractivity contribution < 1.29 is 14.2 Å². The lowest BCUT2D eigenvalue weighted by atomic mass is 9.95. The Labute approximate surface area is 249 Å². The first kappa shape index (κ1) is 29.0. The van der Waals surface area contributed by atoms with Crippen LogP contribution in [-0.4, -0.2) is 21.3 Å². The fraction of sp³-hybridized carbons (Fsp3) is 0.158. The van der Waals surface area contributed by atoms with E-state index in [2.05, 4.69) is 138 Å². The van der Waals surface area contributed by atoms with Gasteiger partial charge in [-0.2, -0.15) is 0 Å². The van der Waals surface area contributed by atoms with Gasteiger partial charge >= 0.3 is 0 Å². The van der Waals surface area contributed by atoms with Crippen LogP contribution in [-0.2, 0) is 34.0 Å². The lowest BCUT2D eigenvalue weighted by molar-refractivity contribution is 0.185. The molecule has 0 heterocycles. The Kier molecular flexibility index (Phi) is 9.97. The SMILES string of the molecule is COCc1ccc(/C(=C/c2ccc(N(c3ccc(COC)cc3)c3ccc(COC)cc3)cc2)c2ccccc2)cc1. The largest absolute Gasteiger partial charge is 0.380 e. The molecule has 0 aliphatic carbocycles. The topological polar surface area (TPSA) is 30.9 Å². The molecule has 0 unspecified atom stereocenters. The molecule has 0 spiro atoms. The summed E-state index contributed by atoms with van der Waals surface area (Å²) in [4.78, 5) is 2.27. The number of anilines is 3. The Morgan fingerprint density at radius 3 is 1.29 bits per heavy atom. The van der Waals surface area contributed by atoms with Crippen LogP contribution in [0.5, 0.6) is 0 Å². The fourth-order valence-electron chi connectivity index (χ4n) is 5.05. The highest BCUT2D eigenvalue weighted by Crippen LogP contribution is 2.35. The second kappa shape index (κ2) is 14.4. The van der Waals surface area contributed by atoms with Gasteiger partial charge in [-0.15, -0.1) is 0 Å². The van der Waals surface area contributed by atoms with Crippen LogP contribution in [0, 0.1) is 0 Å². The minimum Gasteiger partial charge on any atom is -0.380 e. The lowest BCUT2D eigenvalue weighted by Crippen LogP contribution is -2.10. The molecule has 5 rings (SSSR count). The molecule has 0 saturated carbocycles. The van der Waals surface area contributed by atoms with E-state index in [1.54, 1.807) is 21.3 Å². The zero-order valence-electron chi connectivity index (χ0n) is 24.5. The number of hydrogen-bond acceptors (Lipinski definition) is 4. The number of methoxy groups -OCH3 is 3. The summed E-state index contributed by atoms with van der Waals surface area (Å²) in [5.41, 5.74) is 11.3. The van der Waals surface area contributed by atoms with Gasteiger partial charge in [-0.05, 0) is 81.4 Å². The van der Waals surface area contributed by atoms with Crippen molar-refractivity contribution in [1.29, 1.82) is 0 Å². The van der Waals surface area contributed by atoms with Crippen molar-refractivity contribution in [3.63, 3.8) is 0 Å². The van der Waals surface area contributed by atoms with Gasteiger partial charge in [-0.25, -0.2) is 0 Å². The number of benzene rings is 5. The zero-order valence-corrected chi connectivity index (χ0v) is 24.5. The van der Waals surface area contributed by atoms with Crippen molar-refractivity contribution in [2.75, 3.05) is 26.2 Å². The first-order chi connectivity index (χ1) is 20.7. The Morgan fingerprint density at radius 2 is 0.857 bits per heavy atom. The predicted octanol–water partition coefficient (Wildman–Crippen LogP) is 9.18. The van der Waals surface area contributed by atoms with E-state index in [0.717, 1.165) is 39.3 Å². The molecule has 0 N–H and O–H groups in total. The van der Waals surface area contributed by atoms with Crippen LogP contribution < -0.4 is 4.90 Å². The van der Waals surface area contributed by atoms with Crippen molar-refractivity contribution in [2.24, 2.45) is 0 Å². The molecule has 0 bridgehead atoms. The number of rotatable bonds is 12. The lowest BCUT2D eigenvalue weighted by Gasteiger charge is -2.26. The van der Waals surface area contributed by atoms with Crippen LogP contribution in [0.4, 0.5) is 17.1 Å². The summed E-state index contributed by atoms with van der Waals surface area (Å²) < 4.78 is 16.0. The molecule has 0 radical (unpaired) electrons. The smallest absolute Gasteiger partial charge is 0.0713 e. The maximum atomic E-state index is 5.32. The Balaban J connectivity index is 1.51. The highest BCUT2D eigenvalue weighted by atomic mass is 16.5. The fourth-order valence-corrected chi connectivity index (χ4v) is 5.05. The number of hydrogen-bond donors (Lipinski definition) is 0. The molecule has 5 aromatic rings. The highest BCUT2D eigenvalue weighted by Gasteiger charge is 2.13. The summed E-state index contributed by atoms with van der Waals surface area (Å²) in [6.45, 7) is 1.78. The summed E-state index contributed by atoms with van der Waals surface area (Å²) in [6, 6.07) is 44.9. The third-order valence-corrected chi connectivity index (χ3v) is 7.13. The summed E-state index contributed by atoms with van der Waals surface area (Å²) >= 11 is 0. The Bertz CT molecular complexity index is 1510. The first-order valence-electron chi connectivity index (χ1n) is 14.1. The quantitative estimate of drug-likeness (QED) is 0.144. The molecule has 0 fully saturated rings. The third kappa shape index (κ3) is 7.23. The molecule has 0 saturated heterocycles. The molecule has 0 aromatic heterocycles. The van der Waals surface area contributed by atoms with E-state index in [1.807, 2.05) is 0 Å². The van der Waals surface area contributed by atoms with Crippen LogP contribution in [0.2, 0.25) is 0 Å². The third-order valence-electron chi connectivity index (χ3n) is 7.13. The molecular formula is C38H37NO3. The summed E-state index contributed by atoms with van der Waals surface area (Å²) in [7, 11) is 5.16. The van der Waals surface area contributed by atoms with Gasteiger partial charge in [0, 0.05) is 38.4 Å². The molecule has 5 aromatic carbocycles. The van der Waals surface area contributed by atoms with Crippen molar-refractivity contribution in [3.05, 3.63) is 161 Å². The molecule has 4 nitrogen and oxygen atoms in total. The highest BCUT2D eigenvalue weighted by molar-refractivity contribution is 5.91.